The van der Waals surface area contributed by atoms with E-state index in [1.165, 1.54) is 18.2 Å². The van der Waals surface area contributed by atoms with Crippen molar-refractivity contribution in [3.8, 4) is 0 Å². The zero-order chi connectivity index (χ0) is 13.1. The van der Waals surface area contributed by atoms with Gasteiger partial charge in [-0.15, -0.1) is 5.10 Å². The highest BCUT2D eigenvalue weighted by molar-refractivity contribution is 7.08. The third-order valence-corrected chi connectivity index (χ3v) is 3.00. The van der Waals surface area contributed by atoms with Crippen molar-refractivity contribution in [3.05, 3.63) is 45.0 Å². The van der Waals surface area contributed by atoms with Gasteiger partial charge in [0, 0.05) is 17.8 Å². The van der Waals surface area contributed by atoms with Crippen molar-refractivity contribution in [2.75, 3.05) is 5.32 Å². The van der Waals surface area contributed by atoms with Crippen LogP contribution in [-0.4, -0.2) is 20.4 Å². The van der Waals surface area contributed by atoms with Crippen molar-refractivity contribution in [3.63, 3.8) is 0 Å². The fourth-order valence-electron chi connectivity index (χ4n) is 1.32. The van der Waals surface area contributed by atoms with Gasteiger partial charge in [0.05, 0.1) is 10.6 Å². The molecule has 1 amide bonds. The Morgan fingerprint density at radius 2 is 2.28 bits per heavy atom. The molecule has 0 bridgehead atoms. The van der Waals surface area contributed by atoms with Crippen LogP contribution in [0.1, 0.15) is 15.4 Å². The fraction of sp³-hybridized carbons (Fsp3) is 0.100. The molecule has 92 valence electrons. The van der Waals surface area contributed by atoms with Crippen LogP contribution in [0.25, 0.3) is 0 Å². The first-order chi connectivity index (χ1) is 8.58. The Bertz CT molecular complexity index is 611. The number of hydrogen-bond acceptors (Lipinski definition) is 6. The highest BCUT2D eigenvalue weighted by Crippen LogP contribution is 2.18. The van der Waals surface area contributed by atoms with Crippen molar-refractivity contribution >= 4 is 28.8 Å². The molecule has 1 heterocycles. The predicted octanol–water partition coefficient (Wildman–Crippen LogP) is 2.01. The standard InChI is InChI=1S/C10H8N4O3S/c1-6-9(18-13-12-6)10(15)11-7-3-2-4-8(5-7)14(16)17/h2-5H,1H3,(H,11,15). The molecule has 0 saturated carbocycles. The van der Waals surface area contributed by atoms with Gasteiger partial charge in [0.1, 0.15) is 4.88 Å². The largest absolute Gasteiger partial charge is 0.321 e. The smallest absolute Gasteiger partial charge is 0.271 e. The van der Waals surface area contributed by atoms with Gasteiger partial charge in [0.15, 0.2) is 0 Å². The van der Waals surface area contributed by atoms with Crippen LogP contribution in [0.3, 0.4) is 0 Å². The van der Waals surface area contributed by atoms with Crippen LogP contribution in [0.15, 0.2) is 24.3 Å². The number of amides is 1. The number of nitro benzene ring substituents is 1. The van der Waals surface area contributed by atoms with Crippen LogP contribution in [0.2, 0.25) is 0 Å². The third kappa shape index (κ3) is 2.48. The van der Waals surface area contributed by atoms with Crippen LogP contribution < -0.4 is 5.32 Å². The Morgan fingerprint density at radius 1 is 1.50 bits per heavy atom. The number of anilines is 1. The Labute approximate surface area is 106 Å². The number of nitro groups is 1. The van der Waals surface area contributed by atoms with Crippen LogP contribution >= 0.6 is 11.5 Å². The predicted molar refractivity (Wildman–Crippen MR) is 65.7 cm³/mol. The number of nitrogens with zero attached hydrogens (tertiary/aromatic N) is 3. The van der Waals surface area contributed by atoms with E-state index in [2.05, 4.69) is 14.9 Å². The molecule has 0 unspecified atom stereocenters. The highest BCUT2D eigenvalue weighted by atomic mass is 32.1. The number of benzene rings is 1. The van der Waals surface area contributed by atoms with Crippen molar-refractivity contribution < 1.29 is 9.72 Å². The maximum Gasteiger partial charge on any atom is 0.271 e. The molecular formula is C10H8N4O3S. The van der Waals surface area contributed by atoms with E-state index in [9.17, 15) is 14.9 Å². The molecule has 1 aromatic heterocycles. The molecule has 0 radical (unpaired) electrons. The van der Waals surface area contributed by atoms with E-state index in [0.717, 1.165) is 11.5 Å². The number of hydrogen-bond donors (Lipinski definition) is 1. The molecule has 0 aliphatic carbocycles. The van der Waals surface area contributed by atoms with E-state index in [-0.39, 0.29) is 11.6 Å². The van der Waals surface area contributed by atoms with E-state index in [1.807, 2.05) is 0 Å². The number of non-ortho nitro benzene ring substituents is 1. The topological polar surface area (TPSA) is 98.0 Å². The minimum atomic E-state index is -0.519. The molecule has 0 aliphatic rings. The zero-order valence-corrected chi connectivity index (χ0v) is 10.1. The number of nitrogens with one attached hydrogen (secondary N) is 1. The quantitative estimate of drug-likeness (QED) is 0.675. The Kier molecular flexibility index (Phi) is 3.28. The maximum absolute atomic E-state index is 11.8. The van der Waals surface area contributed by atoms with Gasteiger partial charge in [-0.2, -0.15) is 0 Å². The fourth-order valence-corrected chi connectivity index (χ4v) is 1.88. The van der Waals surface area contributed by atoms with Crippen LogP contribution in [-0.2, 0) is 0 Å². The second-order valence-electron chi connectivity index (χ2n) is 3.45. The molecule has 0 spiro atoms. The lowest BCUT2D eigenvalue weighted by Gasteiger charge is -2.03. The molecular weight excluding hydrogens is 256 g/mol. The van der Waals surface area contributed by atoms with E-state index < -0.39 is 4.92 Å². The average Bonchev–Trinajstić information content (AvgIpc) is 2.76. The van der Waals surface area contributed by atoms with Crippen LogP contribution in [0.5, 0.6) is 0 Å². The molecule has 0 atom stereocenters. The molecule has 0 saturated heterocycles. The van der Waals surface area contributed by atoms with Gasteiger partial charge >= 0.3 is 0 Å². The number of rotatable bonds is 3. The normalized spacial score (nSPS) is 10.1. The summed E-state index contributed by atoms with van der Waals surface area (Å²) in [6, 6.07) is 5.73. The second-order valence-corrected chi connectivity index (χ2v) is 4.20. The summed E-state index contributed by atoms with van der Waals surface area (Å²) in [6.07, 6.45) is 0. The summed E-state index contributed by atoms with van der Waals surface area (Å²) in [5.41, 5.74) is 0.817. The highest BCUT2D eigenvalue weighted by Gasteiger charge is 2.14. The first-order valence-corrected chi connectivity index (χ1v) is 5.70. The number of carbonyl (C=O) groups is 1. The summed E-state index contributed by atoms with van der Waals surface area (Å²) >= 11 is 0.980. The van der Waals surface area contributed by atoms with Gasteiger partial charge in [-0.25, -0.2) is 0 Å². The molecule has 18 heavy (non-hydrogen) atoms. The molecule has 0 aliphatic heterocycles. The second kappa shape index (κ2) is 4.88. The van der Waals surface area contributed by atoms with Gasteiger partial charge in [-0.05, 0) is 24.5 Å². The van der Waals surface area contributed by atoms with Crippen LogP contribution in [0.4, 0.5) is 11.4 Å². The summed E-state index contributed by atoms with van der Waals surface area (Å²) in [4.78, 5) is 22.3. The number of carbonyl (C=O) groups excluding carboxylic acids is 1. The van der Waals surface area contributed by atoms with Crippen LogP contribution in [0, 0.1) is 17.0 Å². The van der Waals surface area contributed by atoms with Crippen molar-refractivity contribution in [2.24, 2.45) is 0 Å². The lowest BCUT2D eigenvalue weighted by atomic mass is 10.2. The van der Waals surface area contributed by atoms with Gasteiger partial charge in [-0.1, -0.05) is 10.6 Å². The van der Waals surface area contributed by atoms with E-state index in [4.69, 9.17) is 0 Å². The molecule has 2 rings (SSSR count). The van der Waals surface area contributed by atoms with Gasteiger partial charge in [0.2, 0.25) is 0 Å². The minimum Gasteiger partial charge on any atom is -0.321 e. The molecule has 8 heteroatoms. The first-order valence-electron chi connectivity index (χ1n) is 4.92. The summed E-state index contributed by atoms with van der Waals surface area (Å²) < 4.78 is 3.65. The van der Waals surface area contributed by atoms with Crippen molar-refractivity contribution in [1.29, 1.82) is 0 Å². The van der Waals surface area contributed by atoms with Gasteiger partial charge in [-0.3, -0.25) is 14.9 Å². The lowest BCUT2D eigenvalue weighted by Crippen LogP contribution is -2.11. The summed E-state index contributed by atoms with van der Waals surface area (Å²) in [5, 5.41) is 16.9. The Hall–Kier alpha value is -2.35. The molecule has 1 aromatic carbocycles. The Morgan fingerprint density at radius 3 is 2.89 bits per heavy atom. The molecule has 2 aromatic rings. The Balaban J connectivity index is 2.20. The molecule has 7 nitrogen and oxygen atoms in total. The van der Waals surface area contributed by atoms with E-state index >= 15 is 0 Å². The first kappa shape index (κ1) is 12.1. The third-order valence-electron chi connectivity index (χ3n) is 2.17. The van der Waals surface area contributed by atoms with Gasteiger partial charge in [0.25, 0.3) is 11.6 Å². The molecule has 0 fully saturated rings. The molecule has 1 N–H and O–H groups in total. The lowest BCUT2D eigenvalue weighted by molar-refractivity contribution is -0.384. The zero-order valence-electron chi connectivity index (χ0n) is 9.28. The average molecular weight is 264 g/mol. The van der Waals surface area contributed by atoms with Crippen molar-refractivity contribution in [2.45, 2.75) is 6.92 Å². The SMILES string of the molecule is Cc1nnsc1C(=O)Nc1cccc([N+](=O)[O-])c1. The maximum atomic E-state index is 11.8. The van der Waals surface area contributed by atoms with E-state index in [0.29, 0.717) is 16.3 Å². The summed E-state index contributed by atoms with van der Waals surface area (Å²) in [5.74, 6) is -0.372. The van der Waals surface area contributed by atoms with Crippen molar-refractivity contribution in [1.82, 2.24) is 9.59 Å². The summed E-state index contributed by atoms with van der Waals surface area (Å²) in [7, 11) is 0. The minimum absolute atomic E-state index is 0.0769. The summed E-state index contributed by atoms with van der Waals surface area (Å²) in [6.45, 7) is 1.67. The van der Waals surface area contributed by atoms with E-state index in [1.54, 1.807) is 13.0 Å². The van der Waals surface area contributed by atoms with Gasteiger partial charge < -0.3 is 5.32 Å². The number of aryl methyl sites for hydroxylation is 1. The monoisotopic (exact) mass is 264 g/mol. The number of aromatic nitrogens is 2.